The van der Waals surface area contributed by atoms with Gasteiger partial charge in [-0.25, -0.2) is 19.9 Å². The van der Waals surface area contributed by atoms with E-state index < -0.39 is 0 Å². The zero-order valence-corrected chi connectivity index (χ0v) is 19.4. The minimum absolute atomic E-state index is 0.281. The van der Waals surface area contributed by atoms with Crippen molar-refractivity contribution in [3.05, 3.63) is 54.0 Å². The number of carbonyl (C=O) groups excluding carboxylic acids is 1. The smallest absolute Gasteiger partial charge is 0.231 e. The van der Waals surface area contributed by atoms with E-state index in [0.29, 0.717) is 29.1 Å². The number of hydrogen-bond acceptors (Lipinski definition) is 9. The average molecular weight is 470 g/mol. The van der Waals surface area contributed by atoms with Gasteiger partial charge in [0, 0.05) is 50.3 Å². The summed E-state index contributed by atoms with van der Waals surface area (Å²) >= 11 is 0. The lowest BCUT2D eigenvalue weighted by atomic mass is 10.1. The standard InChI is InChI=1S/C25H27N9O/c26-13-17-4-5-28-23(10-17)32-24-12-19(18-2-3-18)11-21(31-24)20-14-29-25(30-15-20)34-7-1-6-33(8-9-34)16-22(27)35/h4-5,10-12,14-15,18H,1-3,6-9,16H2,(H2,27,35)(H,28,31,32). The molecule has 3 N–H and O–H groups in total. The van der Waals surface area contributed by atoms with E-state index in [1.165, 1.54) is 18.4 Å². The van der Waals surface area contributed by atoms with Crippen molar-refractivity contribution in [2.24, 2.45) is 5.73 Å². The molecule has 35 heavy (non-hydrogen) atoms. The summed E-state index contributed by atoms with van der Waals surface area (Å²) < 4.78 is 0. The fourth-order valence-electron chi connectivity index (χ4n) is 4.28. The monoisotopic (exact) mass is 469 g/mol. The van der Waals surface area contributed by atoms with Gasteiger partial charge in [0.25, 0.3) is 0 Å². The number of pyridine rings is 2. The van der Waals surface area contributed by atoms with Crippen LogP contribution in [0.3, 0.4) is 0 Å². The van der Waals surface area contributed by atoms with Gasteiger partial charge in [-0.05, 0) is 55.0 Å². The Hall–Kier alpha value is -4.10. The van der Waals surface area contributed by atoms with Crippen LogP contribution in [0.15, 0.2) is 42.9 Å². The quantitative estimate of drug-likeness (QED) is 0.534. The van der Waals surface area contributed by atoms with Crippen LogP contribution in [-0.4, -0.2) is 63.5 Å². The van der Waals surface area contributed by atoms with Crippen LogP contribution in [0.5, 0.6) is 0 Å². The largest absolute Gasteiger partial charge is 0.369 e. The van der Waals surface area contributed by atoms with Gasteiger partial charge in [0.15, 0.2) is 0 Å². The number of aromatic nitrogens is 4. The number of hydrogen-bond donors (Lipinski definition) is 2. The third kappa shape index (κ3) is 5.70. The number of nitrogens with zero attached hydrogens (tertiary/aromatic N) is 7. The molecule has 0 bridgehead atoms. The molecule has 2 fully saturated rings. The highest BCUT2D eigenvalue weighted by molar-refractivity contribution is 5.75. The summed E-state index contributed by atoms with van der Waals surface area (Å²) in [5, 5.41) is 12.4. The van der Waals surface area contributed by atoms with E-state index in [-0.39, 0.29) is 12.5 Å². The Morgan fingerprint density at radius 3 is 2.66 bits per heavy atom. The summed E-state index contributed by atoms with van der Waals surface area (Å²) in [6, 6.07) is 9.66. The molecule has 0 spiro atoms. The Kier molecular flexibility index (Phi) is 6.50. The van der Waals surface area contributed by atoms with Crippen LogP contribution in [-0.2, 0) is 4.79 Å². The van der Waals surface area contributed by atoms with Crippen molar-refractivity contribution in [2.45, 2.75) is 25.2 Å². The highest BCUT2D eigenvalue weighted by Gasteiger charge is 2.25. The lowest BCUT2D eigenvalue weighted by Crippen LogP contribution is -2.37. The van der Waals surface area contributed by atoms with Gasteiger partial charge in [-0.15, -0.1) is 0 Å². The van der Waals surface area contributed by atoms with Crippen molar-refractivity contribution >= 4 is 23.5 Å². The van der Waals surface area contributed by atoms with Crippen molar-refractivity contribution in [3.8, 4) is 17.3 Å². The molecule has 0 radical (unpaired) electrons. The first-order chi connectivity index (χ1) is 17.1. The number of anilines is 3. The molecule has 0 unspecified atom stereocenters. The normalized spacial score (nSPS) is 16.4. The molecule has 10 heteroatoms. The Balaban J connectivity index is 1.35. The average Bonchev–Trinajstić information content (AvgIpc) is 3.72. The Morgan fingerprint density at radius 2 is 1.91 bits per heavy atom. The number of carbonyl (C=O) groups is 1. The number of primary amides is 1. The predicted molar refractivity (Wildman–Crippen MR) is 132 cm³/mol. The van der Waals surface area contributed by atoms with Crippen LogP contribution < -0.4 is 16.0 Å². The minimum atomic E-state index is -0.303. The first-order valence-electron chi connectivity index (χ1n) is 11.8. The first-order valence-corrected chi connectivity index (χ1v) is 11.8. The molecular weight excluding hydrogens is 442 g/mol. The molecule has 3 aromatic rings. The zero-order valence-electron chi connectivity index (χ0n) is 19.4. The molecule has 0 atom stereocenters. The second kappa shape index (κ2) is 10.0. The van der Waals surface area contributed by atoms with E-state index in [1.807, 2.05) is 18.5 Å². The van der Waals surface area contributed by atoms with Crippen molar-refractivity contribution in [1.29, 1.82) is 5.26 Å². The molecule has 10 nitrogen and oxygen atoms in total. The maximum Gasteiger partial charge on any atom is 0.231 e. The van der Waals surface area contributed by atoms with E-state index in [0.717, 1.165) is 43.9 Å². The molecule has 2 aliphatic rings. The fourth-order valence-corrected chi connectivity index (χ4v) is 4.28. The molecule has 5 rings (SSSR count). The number of amides is 1. The van der Waals surface area contributed by atoms with Gasteiger partial charge < -0.3 is 16.0 Å². The van der Waals surface area contributed by atoms with E-state index >= 15 is 0 Å². The molecule has 178 valence electrons. The van der Waals surface area contributed by atoms with E-state index in [1.54, 1.807) is 18.3 Å². The molecule has 1 saturated carbocycles. The Bertz CT molecular complexity index is 1250. The summed E-state index contributed by atoms with van der Waals surface area (Å²) in [6.07, 6.45) is 8.48. The maximum absolute atomic E-state index is 11.2. The van der Waals surface area contributed by atoms with Gasteiger partial charge in [-0.2, -0.15) is 5.26 Å². The third-order valence-corrected chi connectivity index (χ3v) is 6.23. The molecule has 1 amide bonds. The van der Waals surface area contributed by atoms with Crippen LogP contribution in [0.2, 0.25) is 0 Å². The van der Waals surface area contributed by atoms with Crippen molar-refractivity contribution in [2.75, 3.05) is 42.9 Å². The summed E-state index contributed by atoms with van der Waals surface area (Å²) in [7, 11) is 0. The van der Waals surface area contributed by atoms with Gasteiger partial charge in [0.2, 0.25) is 11.9 Å². The maximum atomic E-state index is 11.2. The van der Waals surface area contributed by atoms with Gasteiger partial charge >= 0.3 is 0 Å². The van der Waals surface area contributed by atoms with E-state index in [2.05, 4.69) is 42.2 Å². The van der Waals surface area contributed by atoms with E-state index in [4.69, 9.17) is 16.0 Å². The van der Waals surface area contributed by atoms with Gasteiger partial charge in [0.1, 0.15) is 11.6 Å². The van der Waals surface area contributed by atoms with Crippen LogP contribution in [0.25, 0.3) is 11.3 Å². The topological polar surface area (TPSA) is 137 Å². The molecular formula is C25H27N9O. The number of nitriles is 1. The lowest BCUT2D eigenvalue weighted by Gasteiger charge is -2.21. The molecule has 4 heterocycles. The van der Waals surface area contributed by atoms with Crippen LogP contribution in [0.1, 0.15) is 36.3 Å². The highest BCUT2D eigenvalue weighted by Crippen LogP contribution is 2.42. The minimum Gasteiger partial charge on any atom is -0.369 e. The number of nitrogens with one attached hydrogen (secondary N) is 1. The highest BCUT2D eigenvalue weighted by atomic mass is 16.1. The summed E-state index contributed by atoms with van der Waals surface area (Å²) in [5.74, 6) is 2.16. The fraction of sp³-hybridized carbons (Fsp3) is 0.360. The van der Waals surface area contributed by atoms with Crippen LogP contribution in [0.4, 0.5) is 17.6 Å². The Labute approximate surface area is 203 Å². The number of rotatable bonds is 7. The second-order valence-electron chi connectivity index (χ2n) is 8.97. The second-order valence-corrected chi connectivity index (χ2v) is 8.97. The predicted octanol–water partition coefficient (Wildman–Crippen LogP) is 2.42. The van der Waals surface area contributed by atoms with Crippen LogP contribution in [0, 0.1) is 11.3 Å². The third-order valence-electron chi connectivity index (χ3n) is 6.23. The number of nitrogens with two attached hydrogens (primary N) is 1. The van der Waals surface area contributed by atoms with Gasteiger partial charge in [-0.3, -0.25) is 9.69 Å². The molecule has 1 saturated heterocycles. The summed E-state index contributed by atoms with van der Waals surface area (Å²) in [4.78, 5) is 33.8. The molecule has 3 aromatic heterocycles. The summed E-state index contributed by atoms with van der Waals surface area (Å²) in [6.45, 7) is 3.42. The first kappa shape index (κ1) is 22.7. The van der Waals surface area contributed by atoms with Gasteiger partial charge in [0.05, 0.1) is 23.9 Å². The molecule has 1 aliphatic carbocycles. The van der Waals surface area contributed by atoms with Crippen LogP contribution >= 0.6 is 0 Å². The SMILES string of the molecule is N#Cc1ccnc(Nc2cc(C3CC3)cc(-c3cnc(N4CCCN(CC(N)=O)CC4)nc3)n2)c1. The summed E-state index contributed by atoms with van der Waals surface area (Å²) in [5.41, 5.74) is 8.74. The Morgan fingerprint density at radius 1 is 1.09 bits per heavy atom. The van der Waals surface area contributed by atoms with Gasteiger partial charge in [-0.1, -0.05) is 0 Å². The van der Waals surface area contributed by atoms with Crippen molar-refractivity contribution in [1.82, 2.24) is 24.8 Å². The molecule has 1 aliphatic heterocycles. The van der Waals surface area contributed by atoms with Crippen molar-refractivity contribution in [3.63, 3.8) is 0 Å². The van der Waals surface area contributed by atoms with Crippen molar-refractivity contribution < 1.29 is 4.79 Å². The zero-order chi connectivity index (χ0) is 24.2. The van der Waals surface area contributed by atoms with E-state index in [9.17, 15) is 4.79 Å². The molecule has 0 aromatic carbocycles. The lowest BCUT2D eigenvalue weighted by molar-refractivity contribution is -0.119.